The molecule has 2 atom stereocenters. The molecule has 288 valence electrons. The van der Waals surface area contributed by atoms with Crippen molar-refractivity contribution in [3.63, 3.8) is 0 Å². The van der Waals surface area contributed by atoms with Crippen molar-refractivity contribution in [1.82, 2.24) is 0 Å². The first-order valence-corrected chi connectivity index (χ1v) is 18.1. The first kappa shape index (κ1) is 45.2. The molecule has 10 heteroatoms. The van der Waals surface area contributed by atoms with Gasteiger partial charge in [-0.3, -0.25) is 0 Å². The summed E-state index contributed by atoms with van der Waals surface area (Å²) < 4.78 is 0. The van der Waals surface area contributed by atoms with Crippen LogP contribution >= 0.6 is 0 Å². The minimum Gasteiger partial charge on any atom is -0.504 e. The molecule has 10 N–H and O–H groups in total. The molecular weight excluding hydrogens is 664 g/mol. The number of benzene rings is 4. The summed E-state index contributed by atoms with van der Waals surface area (Å²) in [5.41, 5.74) is 3.91. The van der Waals surface area contributed by atoms with Gasteiger partial charge in [-0.1, -0.05) is 64.3 Å². The third-order valence-corrected chi connectivity index (χ3v) is 8.52. The molecule has 0 saturated carbocycles. The summed E-state index contributed by atoms with van der Waals surface area (Å²) in [5, 5.41) is 92.0. The van der Waals surface area contributed by atoms with Crippen LogP contribution in [-0.4, -0.2) is 64.3 Å². The number of aliphatic hydroxyl groups excluding tert-OH is 2. The average molecular weight is 725 g/mol. The Morgan fingerprint density at radius 3 is 1.04 bits per heavy atom. The van der Waals surface area contributed by atoms with Crippen molar-refractivity contribution in [3.8, 4) is 46.0 Å². The van der Waals surface area contributed by atoms with Crippen LogP contribution < -0.4 is 0 Å². The van der Waals surface area contributed by atoms with Crippen LogP contribution in [0.3, 0.4) is 0 Å². The van der Waals surface area contributed by atoms with Gasteiger partial charge >= 0.3 is 0 Å². The summed E-state index contributed by atoms with van der Waals surface area (Å²) in [4.78, 5) is 0. The lowest BCUT2D eigenvalue weighted by Gasteiger charge is -2.12. The van der Waals surface area contributed by atoms with Crippen LogP contribution in [-0.2, 0) is 25.7 Å². The summed E-state index contributed by atoms with van der Waals surface area (Å²) in [6.07, 6.45) is 10.2. The van der Waals surface area contributed by atoms with E-state index in [9.17, 15) is 46.0 Å². The number of hydrogen-bond acceptors (Lipinski definition) is 10. The molecule has 0 saturated heterocycles. The fourth-order valence-corrected chi connectivity index (χ4v) is 5.46. The quantitative estimate of drug-likeness (QED) is 0.0395. The zero-order chi connectivity index (χ0) is 39.1. The van der Waals surface area contributed by atoms with E-state index in [4.69, 9.17) is 5.11 Å². The molecule has 0 fully saturated rings. The molecule has 0 aromatic heterocycles. The van der Waals surface area contributed by atoms with Crippen LogP contribution in [0.4, 0.5) is 0 Å². The summed E-state index contributed by atoms with van der Waals surface area (Å²) >= 11 is 0. The molecule has 0 bridgehead atoms. The fourth-order valence-electron chi connectivity index (χ4n) is 5.46. The highest BCUT2D eigenvalue weighted by molar-refractivity contribution is 5.42. The van der Waals surface area contributed by atoms with Gasteiger partial charge in [-0.15, -0.1) is 0 Å². The highest BCUT2D eigenvalue weighted by Gasteiger charge is 2.09. The SMILES string of the molecule is CC.CO.C[C@@H](CCCCc1ccc(O)c(O)c1)CCc1ccc(O)c(O)c1.Oc1ccc(CCCC[C@H](O)CCc2ccc(O)c(O)c2)cc1O. The van der Waals surface area contributed by atoms with E-state index in [0.29, 0.717) is 25.2 Å². The van der Waals surface area contributed by atoms with Gasteiger partial charge in [0.05, 0.1) is 6.10 Å². The van der Waals surface area contributed by atoms with Crippen LogP contribution in [0.5, 0.6) is 46.0 Å². The first-order chi connectivity index (χ1) is 24.9. The molecule has 4 rings (SSSR count). The standard InChI is InChI=1S/C20H26O4.C19H24O5.C2H6.CH4O/c1-14(6-7-16-9-11-18(22)20(24)13-16)4-2-3-5-15-8-10-17(21)19(23)12-15;20-15(8-5-14-7-10-17(22)19(24)12-14)4-2-1-3-13-6-9-16(21)18(23)11-13;2*1-2/h8-14,21-24H,2-7H2,1H3;6-7,9-12,15,20-24H,1-5,8H2;1-2H3;2H,1H3/t14-;15-;;/m00../s1. The Labute approximate surface area is 308 Å². The van der Waals surface area contributed by atoms with Crippen molar-refractivity contribution < 1.29 is 51.1 Å². The molecule has 0 aliphatic carbocycles. The number of phenolic OH excluding ortho intramolecular Hbond substituents is 8. The van der Waals surface area contributed by atoms with Gasteiger partial charge in [-0.05, 0) is 134 Å². The topological polar surface area (TPSA) is 202 Å². The van der Waals surface area contributed by atoms with E-state index >= 15 is 0 Å². The monoisotopic (exact) mass is 724 g/mol. The minimum atomic E-state index is -0.408. The zero-order valence-corrected chi connectivity index (χ0v) is 31.0. The summed E-state index contributed by atoms with van der Waals surface area (Å²) in [6.45, 7) is 6.23. The van der Waals surface area contributed by atoms with Gasteiger partial charge in [0.25, 0.3) is 0 Å². The predicted molar refractivity (Wildman–Crippen MR) is 205 cm³/mol. The van der Waals surface area contributed by atoms with E-state index in [0.717, 1.165) is 87.2 Å². The van der Waals surface area contributed by atoms with E-state index < -0.39 is 6.10 Å². The first-order valence-electron chi connectivity index (χ1n) is 18.1. The second-order valence-corrected chi connectivity index (χ2v) is 12.6. The molecule has 0 heterocycles. The largest absolute Gasteiger partial charge is 0.504 e. The molecule has 4 aromatic rings. The minimum absolute atomic E-state index is 0.0574. The molecule has 0 aliphatic rings. The Morgan fingerprint density at radius 2 is 0.692 bits per heavy atom. The molecule has 0 amide bonds. The zero-order valence-electron chi connectivity index (χ0n) is 31.0. The van der Waals surface area contributed by atoms with E-state index in [-0.39, 0.29) is 46.0 Å². The van der Waals surface area contributed by atoms with Gasteiger partial charge in [0.15, 0.2) is 46.0 Å². The van der Waals surface area contributed by atoms with E-state index in [1.807, 2.05) is 26.0 Å². The van der Waals surface area contributed by atoms with Gasteiger partial charge in [-0.2, -0.15) is 0 Å². The number of rotatable bonds is 16. The Morgan fingerprint density at radius 1 is 0.385 bits per heavy atom. The molecule has 0 spiro atoms. The predicted octanol–water partition coefficient (Wildman–Crippen LogP) is 8.34. The second-order valence-electron chi connectivity index (χ2n) is 12.6. The van der Waals surface area contributed by atoms with Gasteiger partial charge in [0.1, 0.15) is 0 Å². The lowest BCUT2D eigenvalue weighted by Crippen LogP contribution is -2.08. The molecule has 52 heavy (non-hydrogen) atoms. The van der Waals surface area contributed by atoms with Gasteiger partial charge in [0, 0.05) is 7.11 Å². The smallest absolute Gasteiger partial charge is 0.157 e. The second kappa shape index (κ2) is 25.2. The van der Waals surface area contributed by atoms with Crippen molar-refractivity contribution >= 4 is 0 Å². The summed E-state index contributed by atoms with van der Waals surface area (Å²) in [7, 11) is 1.00. The maximum Gasteiger partial charge on any atom is 0.157 e. The Balaban J connectivity index is 0.000000475. The summed E-state index contributed by atoms with van der Waals surface area (Å²) in [5.74, 6) is -0.179. The van der Waals surface area contributed by atoms with Crippen molar-refractivity contribution in [2.45, 2.75) is 104 Å². The van der Waals surface area contributed by atoms with Crippen LogP contribution in [0, 0.1) is 5.92 Å². The van der Waals surface area contributed by atoms with Crippen LogP contribution in [0.15, 0.2) is 72.8 Å². The molecular formula is C42H60O10. The molecule has 0 radical (unpaired) electrons. The number of aliphatic hydroxyl groups is 2. The normalized spacial score (nSPS) is 11.5. The highest BCUT2D eigenvalue weighted by Crippen LogP contribution is 2.29. The maximum absolute atomic E-state index is 10.0. The van der Waals surface area contributed by atoms with Gasteiger partial charge < -0.3 is 51.1 Å². The number of phenols is 8. The lowest BCUT2D eigenvalue weighted by atomic mass is 9.95. The van der Waals surface area contributed by atoms with E-state index in [1.165, 1.54) is 30.3 Å². The van der Waals surface area contributed by atoms with Crippen molar-refractivity contribution in [1.29, 1.82) is 0 Å². The van der Waals surface area contributed by atoms with Crippen LogP contribution in [0.2, 0.25) is 0 Å². The van der Waals surface area contributed by atoms with Crippen molar-refractivity contribution in [2.24, 2.45) is 5.92 Å². The average Bonchev–Trinajstić information content (AvgIpc) is 3.14. The maximum atomic E-state index is 10.0. The number of aryl methyl sites for hydroxylation is 4. The van der Waals surface area contributed by atoms with E-state index in [1.54, 1.807) is 30.3 Å². The van der Waals surface area contributed by atoms with Gasteiger partial charge in [0.2, 0.25) is 0 Å². The Bertz CT molecular complexity index is 1460. The molecule has 0 unspecified atom stereocenters. The summed E-state index contributed by atoms with van der Waals surface area (Å²) in [6, 6.07) is 19.5. The lowest BCUT2D eigenvalue weighted by molar-refractivity contribution is 0.151. The van der Waals surface area contributed by atoms with Crippen molar-refractivity contribution in [2.75, 3.05) is 7.11 Å². The van der Waals surface area contributed by atoms with Crippen molar-refractivity contribution in [3.05, 3.63) is 95.1 Å². The number of hydrogen-bond donors (Lipinski definition) is 10. The molecule has 4 aromatic carbocycles. The van der Waals surface area contributed by atoms with Crippen LogP contribution in [0.25, 0.3) is 0 Å². The van der Waals surface area contributed by atoms with E-state index in [2.05, 4.69) is 6.92 Å². The number of unbranched alkanes of at least 4 members (excludes halogenated alkanes) is 2. The van der Waals surface area contributed by atoms with Crippen LogP contribution in [0.1, 0.15) is 94.4 Å². The third kappa shape index (κ3) is 17.4. The Hall–Kier alpha value is -4.80. The molecule has 0 aliphatic heterocycles. The van der Waals surface area contributed by atoms with Gasteiger partial charge in [-0.25, -0.2) is 0 Å². The highest BCUT2D eigenvalue weighted by atomic mass is 16.3. The fraction of sp³-hybridized carbons (Fsp3) is 0.429. The number of aromatic hydroxyl groups is 8. The molecule has 10 nitrogen and oxygen atoms in total. The third-order valence-electron chi connectivity index (χ3n) is 8.52. The Kier molecular flexibility index (Phi) is 21.9.